The number of ether oxygens (including phenoxy) is 1. The number of aliphatic imine (C=N–C) groups is 1. The molecule has 0 amide bonds. The van der Waals surface area contributed by atoms with Gasteiger partial charge < -0.3 is 15.4 Å². The Morgan fingerprint density at radius 2 is 1.96 bits per heavy atom. The van der Waals surface area contributed by atoms with Crippen molar-refractivity contribution < 1.29 is 13.5 Å². The number of aromatic nitrogens is 2. The van der Waals surface area contributed by atoms with Crippen molar-refractivity contribution in [3.8, 4) is 5.75 Å². The van der Waals surface area contributed by atoms with Crippen molar-refractivity contribution >= 4 is 29.9 Å². The second kappa shape index (κ2) is 11.2. The Bertz CT molecular complexity index is 808. The van der Waals surface area contributed by atoms with Crippen LogP contribution in [0.15, 0.2) is 23.2 Å². The number of benzene rings is 1. The van der Waals surface area contributed by atoms with Gasteiger partial charge >= 0.3 is 6.61 Å². The fourth-order valence-electron chi connectivity index (χ4n) is 2.79. The van der Waals surface area contributed by atoms with Gasteiger partial charge in [0.2, 0.25) is 0 Å². The van der Waals surface area contributed by atoms with Gasteiger partial charge in [0.1, 0.15) is 5.75 Å². The molecule has 0 spiro atoms. The molecule has 0 saturated heterocycles. The minimum Gasteiger partial charge on any atom is -0.434 e. The van der Waals surface area contributed by atoms with Gasteiger partial charge in [0.25, 0.3) is 0 Å². The Morgan fingerprint density at radius 1 is 1.25 bits per heavy atom. The van der Waals surface area contributed by atoms with Gasteiger partial charge in [-0.15, -0.1) is 24.0 Å². The van der Waals surface area contributed by atoms with Crippen molar-refractivity contribution in [2.45, 2.75) is 47.4 Å². The molecule has 0 bridgehead atoms. The maximum atomic E-state index is 12.6. The second-order valence-corrected chi connectivity index (χ2v) is 6.31. The number of alkyl halides is 2. The van der Waals surface area contributed by atoms with Gasteiger partial charge in [0, 0.05) is 37.0 Å². The lowest BCUT2D eigenvalue weighted by atomic mass is 10.1. The van der Waals surface area contributed by atoms with Gasteiger partial charge in [-0.05, 0) is 33.8 Å². The molecule has 0 fully saturated rings. The molecule has 1 heterocycles. The first-order chi connectivity index (χ1) is 12.8. The molecular formula is C19H28F2IN5O. The molecule has 2 rings (SSSR count). The lowest BCUT2D eigenvalue weighted by Crippen LogP contribution is -2.37. The van der Waals surface area contributed by atoms with Crippen molar-refractivity contribution in [2.75, 3.05) is 6.54 Å². The summed E-state index contributed by atoms with van der Waals surface area (Å²) in [4.78, 5) is 4.52. The van der Waals surface area contributed by atoms with Crippen LogP contribution in [0.3, 0.4) is 0 Å². The zero-order chi connectivity index (χ0) is 20.0. The van der Waals surface area contributed by atoms with Gasteiger partial charge in [-0.2, -0.15) is 13.9 Å². The number of rotatable bonds is 7. The topological polar surface area (TPSA) is 63.5 Å². The van der Waals surface area contributed by atoms with E-state index in [1.54, 1.807) is 18.2 Å². The van der Waals surface area contributed by atoms with Gasteiger partial charge in [0.15, 0.2) is 5.96 Å². The fourth-order valence-corrected chi connectivity index (χ4v) is 2.79. The zero-order valence-corrected chi connectivity index (χ0v) is 19.2. The highest BCUT2D eigenvalue weighted by Crippen LogP contribution is 2.23. The van der Waals surface area contributed by atoms with Crippen molar-refractivity contribution in [3.63, 3.8) is 0 Å². The lowest BCUT2D eigenvalue weighted by Gasteiger charge is -2.13. The minimum absolute atomic E-state index is 0. The second-order valence-electron chi connectivity index (χ2n) is 6.31. The Kier molecular flexibility index (Phi) is 9.63. The molecule has 1 aromatic carbocycles. The number of aryl methyl sites for hydroxylation is 3. The summed E-state index contributed by atoms with van der Waals surface area (Å²) in [6, 6.07) is 5.09. The fraction of sp³-hybridized carbons (Fsp3) is 0.474. The van der Waals surface area contributed by atoms with Gasteiger partial charge in [0.05, 0.1) is 12.2 Å². The predicted molar refractivity (Wildman–Crippen MR) is 118 cm³/mol. The maximum Gasteiger partial charge on any atom is 0.387 e. The van der Waals surface area contributed by atoms with Crippen LogP contribution in [-0.4, -0.2) is 28.9 Å². The predicted octanol–water partition coefficient (Wildman–Crippen LogP) is 3.82. The summed E-state index contributed by atoms with van der Waals surface area (Å²) >= 11 is 0. The average Bonchev–Trinajstić information content (AvgIpc) is 2.84. The van der Waals surface area contributed by atoms with Crippen LogP contribution in [0.1, 0.15) is 35.0 Å². The molecule has 6 nitrogen and oxygen atoms in total. The molecule has 0 aliphatic rings. The van der Waals surface area contributed by atoms with Gasteiger partial charge in [-0.3, -0.25) is 4.68 Å². The summed E-state index contributed by atoms with van der Waals surface area (Å²) in [6.45, 7) is 6.47. The lowest BCUT2D eigenvalue weighted by molar-refractivity contribution is -0.0504. The summed E-state index contributed by atoms with van der Waals surface area (Å²) in [5.41, 5.74) is 4.73. The highest BCUT2D eigenvalue weighted by molar-refractivity contribution is 14.0. The molecule has 2 aromatic rings. The van der Waals surface area contributed by atoms with E-state index in [-0.39, 0.29) is 36.3 Å². The minimum atomic E-state index is -2.86. The van der Waals surface area contributed by atoms with Crippen molar-refractivity contribution in [1.29, 1.82) is 0 Å². The van der Waals surface area contributed by atoms with Crippen molar-refractivity contribution in [2.24, 2.45) is 12.0 Å². The van der Waals surface area contributed by atoms with E-state index in [2.05, 4.69) is 25.5 Å². The number of halogens is 3. The SMILES string of the molecule is CCNC(=NCc1cc(C)ccc1OC(F)F)NCc1c(C)nn(C)c1C.I. The Hall–Kier alpha value is -1.91. The molecular weight excluding hydrogens is 479 g/mol. The summed E-state index contributed by atoms with van der Waals surface area (Å²) in [6.07, 6.45) is 0. The molecule has 2 N–H and O–H groups in total. The third-order valence-electron chi connectivity index (χ3n) is 4.28. The molecule has 1 aromatic heterocycles. The summed E-state index contributed by atoms with van der Waals surface area (Å²) in [5, 5.41) is 10.8. The van der Waals surface area contributed by atoms with Crippen molar-refractivity contribution in [3.05, 3.63) is 46.3 Å². The molecule has 0 aliphatic carbocycles. The van der Waals surface area contributed by atoms with E-state index in [0.29, 0.717) is 24.6 Å². The van der Waals surface area contributed by atoms with E-state index < -0.39 is 6.61 Å². The molecule has 0 aliphatic heterocycles. The van der Waals surface area contributed by atoms with Crippen LogP contribution in [0, 0.1) is 20.8 Å². The summed E-state index contributed by atoms with van der Waals surface area (Å²) in [5.74, 6) is 0.749. The number of hydrogen-bond acceptors (Lipinski definition) is 3. The van der Waals surface area contributed by atoms with Crippen LogP contribution in [-0.2, 0) is 20.1 Å². The van der Waals surface area contributed by atoms with Gasteiger partial charge in [-0.25, -0.2) is 4.99 Å². The molecule has 0 radical (unpaired) electrons. The summed E-state index contributed by atoms with van der Waals surface area (Å²) in [7, 11) is 1.91. The van der Waals surface area contributed by atoms with Crippen LogP contribution in [0.4, 0.5) is 8.78 Å². The summed E-state index contributed by atoms with van der Waals surface area (Å²) < 4.78 is 31.7. The van der Waals surface area contributed by atoms with E-state index in [4.69, 9.17) is 0 Å². The van der Waals surface area contributed by atoms with Crippen LogP contribution < -0.4 is 15.4 Å². The van der Waals surface area contributed by atoms with E-state index in [0.717, 1.165) is 22.5 Å². The first-order valence-electron chi connectivity index (χ1n) is 8.87. The first-order valence-corrected chi connectivity index (χ1v) is 8.87. The maximum absolute atomic E-state index is 12.6. The van der Waals surface area contributed by atoms with Crippen LogP contribution in [0.5, 0.6) is 5.75 Å². The van der Waals surface area contributed by atoms with E-state index in [9.17, 15) is 8.78 Å². The Balaban J connectivity index is 0.00000392. The van der Waals surface area contributed by atoms with Crippen LogP contribution >= 0.6 is 24.0 Å². The molecule has 0 atom stereocenters. The van der Waals surface area contributed by atoms with E-state index >= 15 is 0 Å². The molecule has 0 saturated carbocycles. The van der Waals surface area contributed by atoms with Crippen molar-refractivity contribution in [1.82, 2.24) is 20.4 Å². The number of nitrogens with one attached hydrogen (secondary N) is 2. The normalized spacial score (nSPS) is 11.4. The first kappa shape index (κ1) is 24.1. The average molecular weight is 507 g/mol. The van der Waals surface area contributed by atoms with Crippen LogP contribution in [0.2, 0.25) is 0 Å². The molecule has 0 unspecified atom stereocenters. The van der Waals surface area contributed by atoms with Crippen LogP contribution in [0.25, 0.3) is 0 Å². The standard InChI is InChI=1S/C19H27F2N5O.HI/c1-6-22-19(24-11-16-13(3)25-26(5)14(16)4)23-10-15-9-12(2)7-8-17(15)27-18(20)21;/h7-9,18H,6,10-11H2,1-5H3,(H2,22,23,24);1H. The van der Waals surface area contributed by atoms with Gasteiger partial charge in [-0.1, -0.05) is 17.7 Å². The largest absolute Gasteiger partial charge is 0.434 e. The quantitative estimate of drug-likeness (QED) is 0.340. The third-order valence-corrected chi connectivity index (χ3v) is 4.28. The molecule has 28 heavy (non-hydrogen) atoms. The smallest absolute Gasteiger partial charge is 0.387 e. The Morgan fingerprint density at radius 3 is 2.54 bits per heavy atom. The highest BCUT2D eigenvalue weighted by atomic mass is 127. The zero-order valence-electron chi connectivity index (χ0n) is 16.8. The van der Waals surface area contributed by atoms with E-state index in [1.807, 2.05) is 39.4 Å². The number of guanidine groups is 1. The number of hydrogen-bond donors (Lipinski definition) is 2. The molecule has 156 valence electrons. The third kappa shape index (κ3) is 6.61. The number of nitrogens with zero attached hydrogens (tertiary/aromatic N) is 3. The molecule has 9 heteroatoms. The van der Waals surface area contributed by atoms with E-state index in [1.165, 1.54) is 0 Å². The highest BCUT2D eigenvalue weighted by Gasteiger charge is 2.12. The monoisotopic (exact) mass is 507 g/mol. The Labute approximate surface area is 181 Å².